The van der Waals surface area contributed by atoms with E-state index in [0.717, 1.165) is 54.3 Å². The van der Waals surface area contributed by atoms with Gasteiger partial charge in [-0.1, -0.05) is 84.9 Å². The molecule has 0 radical (unpaired) electrons. The number of piperazine rings is 1. The molecule has 4 aromatic rings. The standard InChI is InChI=1S/C38H39FN4O4/c39-30-17-15-29(16-18-30)25-41-19-21-42(22-20-41)26-35(44)33(23-27-9-3-1-4-10-27)40-36(45)34(24-28-11-5-2-6-12-28)43-37(46)31-13-7-8-14-32(31)38(43)47/h1-18,33-35,44H,19-26H2,(H,40,45)/t33-,34-,35+/m1/s1. The zero-order valence-electron chi connectivity index (χ0n) is 26.2. The molecule has 3 atom stereocenters. The summed E-state index contributed by atoms with van der Waals surface area (Å²) in [5.74, 6) is -1.74. The molecule has 9 heteroatoms. The number of carbonyl (C=O) groups excluding carboxylic acids is 3. The number of benzene rings is 4. The Morgan fingerprint density at radius 3 is 1.77 bits per heavy atom. The molecule has 2 aliphatic rings. The van der Waals surface area contributed by atoms with Crippen LogP contribution in [0.15, 0.2) is 109 Å². The predicted molar refractivity (Wildman–Crippen MR) is 177 cm³/mol. The Morgan fingerprint density at radius 2 is 1.19 bits per heavy atom. The number of rotatable bonds is 12. The van der Waals surface area contributed by atoms with E-state index in [9.17, 15) is 23.9 Å². The monoisotopic (exact) mass is 634 g/mol. The van der Waals surface area contributed by atoms with Gasteiger partial charge in [-0.3, -0.25) is 29.1 Å². The van der Waals surface area contributed by atoms with Gasteiger partial charge in [0.15, 0.2) is 0 Å². The van der Waals surface area contributed by atoms with Gasteiger partial charge in [0.2, 0.25) is 5.91 Å². The maximum Gasteiger partial charge on any atom is 0.262 e. The van der Waals surface area contributed by atoms with Gasteiger partial charge in [0.05, 0.1) is 23.3 Å². The van der Waals surface area contributed by atoms with Crippen molar-refractivity contribution in [1.82, 2.24) is 20.0 Å². The highest BCUT2D eigenvalue weighted by Gasteiger charge is 2.43. The van der Waals surface area contributed by atoms with Gasteiger partial charge in [-0.15, -0.1) is 0 Å². The number of amides is 3. The molecular formula is C38H39FN4O4. The Hall–Kier alpha value is -4.70. The quantitative estimate of drug-likeness (QED) is 0.230. The summed E-state index contributed by atoms with van der Waals surface area (Å²) in [5.41, 5.74) is 3.36. The predicted octanol–water partition coefficient (Wildman–Crippen LogP) is 3.94. The van der Waals surface area contributed by atoms with Crippen LogP contribution in [0.4, 0.5) is 4.39 Å². The number of hydrogen-bond donors (Lipinski definition) is 2. The number of imide groups is 1. The molecule has 0 aliphatic carbocycles. The number of aliphatic hydroxyl groups excluding tert-OH is 1. The number of nitrogens with zero attached hydrogens (tertiary/aromatic N) is 3. The highest BCUT2D eigenvalue weighted by Crippen LogP contribution is 2.26. The maximum atomic E-state index is 14.2. The van der Waals surface area contributed by atoms with E-state index < -0.39 is 35.9 Å². The van der Waals surface area contributed by atoms with E-state index in [2.05, 4.69) is 15.1 Å². The molecule has 0 aromatic heterocycles. The van der Waals surface area contributed by atoms with E-state index in [-0.39, 0.29) is 23.4 Å². The Morgan fingerprint density at radius 1 is 0.681 bits per heavy atom. The van der Waals surface area contributed by atoms with Crippen molar-refractivity contribution in [3.8, 4) is 0 Å². The molecule has 8 nitrogen and oxygen atoms in total. The molecular weight excluding hydrogens is 595 g/mol. The lowest BCUT2D eigenvalue weighted by Gasteiger charge is -2.37. The van der Waals surface area contributed by atoms with E-state index in [0.29, 0.717) is 13.0 Å². The molecule has 1 saturated heterocycles. The average molecular weight is 635 g/mol. The Balaban J connectivity index is 1.17. The fourth-order valence-electron chi connectivity index (χ4n) is 6.43. The highest BCUT2D eigenvalue weighted by atomic mass is 19.1. The van der Waals surface area contributed by atoms with Crippen molar-refractivity contribution < 1.29 is 23.9 Å². The molecule has 4 aromatic carbocycles. The van der Waals surface area contributed by atoms with Crippen molar-refractivity contribution >= 4 is 17.7 Å². The summed E-state index contributed by atoms with van der Waals surface area (Å²) in [7, 11) is 0. The van der Waals surface area contributed by atoms with E-state index in [4.69, 9.17) is 0 Å². The number of β-amino-alcohol motifs (C(OH)–C–C–N with tert-alkyl or cyclic N) is 1. The second-order valence-electron chi connectivity index (χ2n) is 12.3. The van der Waals surface area contributed by atoms with Crippen LogP contribution in [0, 0.1) is 5.82 Å². The third kappa shape index (κ3) is 7.82. The molecule has 47 heavy (non-hydrogen) atoms. The number of nitrogens with one attached hydrogen (secondary N) is 1. The molecule has 1 fully saturated rings. The molecule has 3 amide bonds. The summed E-state index contributed by atoms with van der Waals surface area (Å²) in [5, 5.41) is 14.7. The number of carbonyl (C=O) groups is 3. The first-order chi connectivity index (χ1) is 22.9. The molecule has 242 valence electrons. The number of fused-ring (bicyclic) bond motifs is 1. The summed E-state index contributed by atoms with van der Waals surface area (Å²) in [4.78, 5) is 46.8. The van der Waals surface area contributed by atoms with Gasteiger partial charge in [0, 0.05) is 45.7 Å². The summed E-state index contributed by atoms with van der Waals surface area (Å²) in [6, 6.07) is 30.3. The maximum absolute atomic E-state index is 14.2. The van der Waals surface area contributed by atoms with Crippen molar-refractivity contribution in [1.29, 1.82) is 0 Å². The van der Waals surface area contributed by atoms with Gasteiger partial charge in [-0.05, 0) is 47.4 Å². The van der Waals surface area contributed by atoms with Crippen LogP contribution in [0.1, 0.15) is 37.4 Å². The third-order valence-corrected chi connectivity index (χ3v) is 9.03. The molecule has 6 rings (SSSR count). The van der Waals surface area contributed by atoms with Crippen LogP contribution < -0.4 is 5.32 Å². The van der Waals surface area contributed by atoms with Crippen LogP contribution in [0.3, 0.4) is 0 Å². The minimum absolute atomic E-state index is 0.141. The zero-order valence-corrected chi connectivity index (χ0v) is 26.2. The van der Waals surface area contributed by atoms with Crippen LogP contribution in [-0.2, 0) is 24.2 Å². The SMILES string of the molecule is O=C(N[C@H](Cc1ccccc1)[C@@H](O)CN1CCN(Cc2ccc(F)cc2)CC1)[C@@H](Cc1ccccc1)N1C(=O)c2ccccc2C1=O. The first-order valence-electron chi connectivity index (χ1n) is 16.1. The van der Waals surface area contributed by atoms with Gasteiger partial charge in [-0.25, -0.2) is 4.39 Å². The molecule has 0 saturated carbocycles. The van der Waals surface area contributed by atoms with Crippen molar-refractivity contribution in [2.75, 3.05) is 32.7 Å². The smallest absolute Gasteiger partial charge is 0.262 e. The van der Waals surface area contributed by atoms with E-state index in [1.54, 1.807) is 36.4 Å². The lowest BCUT2D eigenvalue weighted by atomic mass is 9.98. The minimum atomic E-state index is -1.11. The van der Waals surface area contributed by atoms with E-state index in [1.807, 2.05) is 60.7 Å². The lowest BCUT2D eigenvalue weighted by Crippen LogP contribution is -2.57. The summed E-state index contributed by atoms with van der Waals surface area (Å²) >= 11 is 0. The minimum Gasteiger partial charge on any atom is -0.390 e. The number of aliphatic hydroxyl groups is 1. The second kappa shape index (κ2) is 14.8. The van der Waals surface area contributed by atoms with Crippen LogP contribution in [0.5, 0.6) is 0 Å². The van der Waals surface area contributed by atoms with Crippen LogP contribution >= 0.6 is 0 Å². The third-order valence-electron chi connectivity index (χ3n) is 9.03. The first kappa shape index (κ1) is 32.2. The Kier molecular flexibility index (Phi) is 10.2. The first-order valence-corrected chi connectivity index (χ1v) is 16.1. The fourth-order valence-corrected chi connectivity index (χ4v) is 6.43. The molecule has 0 spiro atoms. The summed E-state index contributed by atoms with van der Waals surface area (Å²) < 4.78 is 13.3. The van der Waals surface area contributed by atoms with Gasteiger partial charge in [0.25, 0.3) is 11.8 Å². The van der Waals surface area contributed by atoms with Crippen LogP contribution in [0.2, 0.25) is 0 Å². The largest absolute Gasteiger partial charge is 0.390 e. The summed E-state index contributed by atoms with van der Waals surface area (Å²) in [6.45, 7) is 4.12. The average Bonchev–Trinajstić information content (AvgIpc) is 3.35. The van der Waals surface area contributed by atoms with Gasteiger partial charge in [0.1, 0.15) is 11.9 Å². The van der Waals surface area contributed by atoms with E-state index in [1.165, 1.54) is 12.1 Å². The van der Waals surface area contributed by atoms with Gasteiger partial charge >= 0.3 is 0 Å². The lowest BCUT2D eigenvalue weighted by molar-refractivity contribution is -0.126. The summed E-state index contributed by atoms with van der Waals surface area (Å²) in [6.07, 6.45) is -0.400. The zero-order chi connectivity index (χ0) is 32.8. The van der Waals surface area contributed by atoms with Crippen molar-refractivity contribution in [3.63, 3.8) is 0 Å². The normalized spacial score (nSPS) is 17.3. The van der Waals surface area contributed by atoms with Crippen molar-refractivity contribution in [3.05, 3.63) is 143 Å². The molecule has 0 bridgehead atoms. The Labute approximate surface area is 274 Å². The van der Waals surface area contributed by atoms with E-state index >= 15 is 0 Å². The topological polar surface area (TPSA) is 93.2 Å². The van der Waals surface area contributed by atoms with Crippen LogP contribution in [0.25, 0.3) is 0 Å². The second-order valence-corrected chi connectivity index (χ2v) is 12.3. The number of hydrogen-bond acceptors (Lipinski definition) is 6. The molecule has 2 heterocycles. The number of halogens is 1. The van der Waals surface area contributed by atoms with Crippen LogP contribution in [-0.4, -0.2) is 88.4 Å². The molecule has 0 unspecified atom stereocenters. The fraction of sp³-hybridized carbons (Fsp3) is 0.289. The van der Waals surface area contributed by atoms with Gasteiger partial charge < -0.3 is 10.4 Å². The molecule has 2 N–H and O–H groups in total. The van der Waals surface area contributed by atoms with Crippen molar-refractivity contribution in [2.45, 2.75) is 37.6 Å². The molecule has 2 aliphatic heterocycles. The highest BCUT2D eigenvalue weighted by molar-refractivity contribution is 6.22. The Bertz CT molecular complexity index is 1640. The van der Waals surface area contributed by atoms with Crippen molar-refractivity contribution in [2.24, 2.45) is 0 Å². The van der Waals surface area contributed by atoms with Gasteiger partial charge in [-0.2, -0.15) is 0 Å².